The number of rotatable bonds is 51. The molecule has 0 aliphatic carbocycles. The fourth-order valence-electron chi connectivity index (χ4n) is 7.42. The number of nitrogens with one attached hydrogen (secondary N) is 3. The van der Waals surface area contributed by atoms with Crippen molar-refractivity contribution in [1.82, 2.24) is 21.0 Å². The second-order valence-electron chi connectivity index (χ2n) is 19.1. The van der Waals surface area contributed by atoms with Gasteiger partial charge in [0.2, 0.25) is 5.91 Å². The zero-order valence-corrected chi connectivity index (χ0v) is 51.5. The molecule has 0 fully saturated rings. The summed E-state index contributed by atoms with van der Waals surface area (Å²) in [5.41, 5.74) is 13.7. The fourth-order valence-corrected chi connectivity index (χ4v) is 7.61. The van der Waals surface area contributed by atoms with Crippen molar-refractivity contribution in [3.8, 4) is 0 Å². The molecule has 2 aromatic carbocycles. The number of Topliss-reactive ketones (excluding diaryl/α,β-unsaturated/α-hetero) is 1. The summed E-state index contributed by atoms with van der Waals surface area (Å²) in [6.07, 6.45) is 12.3. The number of hydroxylamine groups is 1. The lowest BCUT2D eigenvalue weighted by molar-refractivity contribution is -0.146. The number of amides is 4. The van der Waals surface area contributed by atoms with Crippen LogP contribution in [0.4, 0.5) is 15.3 Å². The van der Waals surface area contributed by atoms with Crippen LogP contribution in [-0.4, -0.2) is 183 Å². The van der Waals surface area contributed by atoms with Crippen molar-refractivity contribution in [2.24, 2.45) is 5.11 Å². The van der Waals surface area contributed by atoms with E-state index in [4.69, 9.17) is 69.7 Å². The first kappa shape index (κ1) is 77.6. The van der Waals surface area contributed by atoms with E-state index in [2.05, 4.69) is 20.7 Å². The summed E-state index contributed by atoms with van der Waals surface area (Å²) in [5.74, 6) is -0.414. The van der Waals surface area contributed by atoms with Crippen LogP contribution in [0.3, 0.4) is 0 Å². The number of aryl methyl sites for hydroxylation is 1. The monoisotopic (exact) mass is 1240 g/mol. The zero-order chi connectivity index (χ0) is 62.9. The van der Waals surface area contributed by atoms with Gasteiger partial charge in [-0.1, -0.05) is 62.0 Å². The second kappa shape index (κ2) is 55.2. The Morgan fingerprint density at radius 1 is 0.593 bits per heavy atom. The zero-order valence-electron chi connectivity index (χ0n) is 50.7. The topological polar surface area (TPSA) is 320 Å². The highest BCUT2D eigenvalue weighted by atomic mass is 35.5. The summed E-state index contributed by atoms with van der Waals surface area (Å²) in [5, 5.41) is 17.5. The molecule has 26 heteroatoms. The lowest BCUT2D eigenvalue weighted by Gasteiger charge is -2.24. The molecule has 0 spiro atoms. The quantitative estimate of drug-likeness (QED) is 0.00458. The molecule has 4 N–H and O–H groups in total. The first-order valence-electron chi connectivity index (χ1n) is 29.6. The molecular formula is C60H94ClN7O18. The third-order valence-corrected chi connectivity index (χ3v) is 12.2. The summed E-state index contributed by atoms with van der Waals surface area (Å²) < 4.78 is 52.3. The minimum atomic E-state index is -0.630. The van der Waals surface area contributed by atoms with Gasteiger partial charge < -0.3 is 62.9 Å². The van der Waals surface area contributed by atoms with Crippen molar-refractivity contribution in [3.63, 3.8) is 0 Å². The Hall–Kier alpha value is -6.41. The van der Waals surface area contributed by atoms with Crippen LogP contribution in [0, 0.1) is 6.92 Å². The Bertz CT molecular complexity index is 2240. The highest BCUT2D eigenvalue weighted by molar-refractivity contribution is 6.17. The average Bonchev–Trinajstić information content (AvgIpc) is 3.33. The number of carbonyl (C=O) groups excluding carboxylic acids is 7. The predicted octanol–water partition coefficient (Wildman–Crippen LogP) is 9.12. The van der Waals surface area contributed by atoms with E-state index in [-0.39, 0.29) is 95.7 Å². The molecule has 2 aromatic rings. The largest absolute Gasteiger partial charge is 0.463 e. The summed E-state index contributed by atoms with van der Waals surface area (Å²) in [4.78, 5) is 88.1. The number of ketones is 1. The molecule has 0 aliphatic rings. The first-order valence-corrected chi connectivity index (χ1v) is 30.2. The van der Waals surface area contributed by atoms with Crippen LogP contribution in [0.2, 0.25) is 0 Å². The summed E-state index contributed by atoms with van der Waals surface area (Å²) in [7, 11) is 0. The standard InChI is InChI=1S/C33H46N6O8.C27H48ClNO10/c1-3-45-18-19-46-20-21-47-33(43)35-16-17-39(24-27-11-10-25(2)30(23-27)36-38-34)32(42)28-14-12-26(13-15-28)22-29(40)8-6-4-5-7-9-31(41)37-44;1-2-10-25(30)37-16-7-8-17-39-27(32)29-13-18-35-21-22-36-23-24-38-26(31)11-9-15-34-20-19-33-14-6-4-3-5-12-28/h10-15,23,44H,3-9,16-22,24H2,1-2H3,(H,35,43)(H,37,41);7-8H,2-6,9-24H2,1H3,(H,29,32)/b;8-7+. The van der Waals surface area contributed by atoms with Gasteiger partial charge in [0.15, 0.2) is 0 Å². The number of esters is 2. The minimum Gasteiger partial charge on any atom is -0.463 e. The lowest BCUT2D eigenvalue weighted by Crippen LogP contribution is -2.38. The molecule has 0 saturated heterocycles. The summed E-state index contributed by atoms with van der Waals surface area (Å²) >= 11 is 5.63. The van der Waals surface area contributed by atoms with E-state index in [1.165, 1.54) is 0 Å². The van der Waals surface area contributed by atoms with Crippen molar-refractivity contribution in [1.29, 1.82) is 0 Å². The molecule has 0 atom stereocenters. The Labute approximate surface area is 511 Å². The van der Waals surface area contributed by atoms with Gasteiger partial charge in [-0.05, 0) is 105 Å². The molecule has 0 heterocycles. The van der Waals surface area contributed by atoms with Gasteiger partial charge in [0.05, 0.1) is 59.5 Å². The number of azide groups is 1. The number of unbranched alkanes of at least 4 members (excludes halogenated alkanes) is 6. The molecule has 0 saturated carbocycles. The summed E-state index contributed by atoms with van der Waals surface area (Å²) in [6.45, 7) is 12.2. The van der Waals surface area contributed by atoms with Gasteiger partial charge in [-0.15, -0.1) is 11.6 Å². The minimum absolute atomic E-state index is 0.0759. The Morgan fingerprint density at radius 3 is 1.81 bits per heavy atom. The van der Waals surface area contributed by atoms with Gasteiger partial charge in [-0.2, -0.15) is 0 Å². The van der Waals surface area contributed by atoms with E-state index in [0.717, 1.165) is 80.5 Å². The lowest BCUT2D eigenvalue weighted by atomic mass is 10.0. The van der Waals surface area contributed by atoms with Gasteiger partial charge in [0.25, 0.3) is 5.91 Å². The Morgan fingerprint density at radius 2 is 1.15 bits per heavy atom. The molecule has 484 valence electrons. The summed E-state index contributed by atoms with van der Waals surface area (Å²) in [6, 6.07) is 12.3. The SMILES string of the molecule is CCCC(=O)OC/C=C/COC(=O)NCCOCCOCCOC(=O)CCCOCCOCCCCCCCl.CCOCCOCCOC(=O)NCCN(Cc1ccc(C)c(N=[N+]=[N-])c1)C(=O)c1ccc(CC(=O)CCCCCCC(=O)NO)cc1. The van der Waals surface area contributed by atoms with Crippen LogP contribution >= 0.6 is 11.6 Å². The molecule has 4 amide bonds. The van der Waals surface area contributed by atoms with E-state index in [1.54, 1.807) is 52.9 Å². The van der Waals surface area contributed by atoms with Crippen LogP contribution in [-0.2, 0) is 79.5 Å². The highest BCUT2D eigenvalue weighted by Crippen LogP contribution is 2.22. The molecule has 86 heavy (non-hydrogen) atoms. The smallest absolute Gasteiger partial charge is 0.407 e. The van der Waals surface area contributed by atoms with Crippen LogP contribution < -0.4 is 16.1 Å². The number of alkyl halides is 1. The van der Waals surface area contributed by atoms with Crippen molar-refractivity contribution < 1.29 is 86.1 Å². The van der Waals surface area contributed by atoms with E-state index < -0.39 is 18.1 Å². The first-order chi connectivity index (χ1) is 41.9. The maximum absolute atomic E-state index is 13.6. The van der Waals surface area contributed by atoms with Crippen LogP contribution in [0.5, 0.6) is 0 Å². The maximum Gasteiger partial charge on any atom is 0.407 e. The van der Waals surface area contributed by atoms with Crippen molar-refractivity contribution in [2.75, 3.05) is 131 Å². The Kier molecular flexibility index (Phi) is 49.8. The van der Waals surface area contributed by atoms with E-state index in [1.807, 2.05) is 32.9 Å². The number of nitrogens with zero attached hydrogens (tertiary/aromatic N) is 4. The number of alkyl carbamates (subject to hydrolysis) is 2. The van der Waals surface area contributed by atoms with Crippen LogP contribution in [0.25, 0.3) is 10.4 Å². The normalized spacial score (nSPS) is 10.8. The van der Waals surface area contributed by atoms with Crippen LogP contribution in [0.1, 0.15) is 131 Å². The van der Waals surface area contributed by atoms with E-state index in [9.17, 15) is 33.6 Å². The van der Waals surface area contributed by atoms with E-state index in [0.29, 0.717) is 109 Å². The van der Waals surface area contributed by atoms with Crippen LogP contribution in [0.15, 0.2) is 59.7 Å². The average molecular weight is 1240 g/mol. The van der Waals surface area contributed by atoms with Gasteiger partial charge in [-0.3, -0.25) is 29.2 Å². The third kappa shape index (κ3) is 45.0. The van der Waals surface area contributed by atoms with Gasteiger partial charge >= 0.3 is 24.1 Å². The molecule has 0 unspecified atom stereocenters. The molecule has 0 aromatic heterocycles. The molecule has 2 rings (SSSR count). The number of hydrogen-bond acceptors (Lipinski definition) is 19. The predicted molar refractivity (Wildman–Crippen MR) is 321 cm³/mol. The van der Waals surface area contributed by atoms with Gasteiger partial charge in [-0.25, -0.2) is 15.1 Å². The highest BCUT2D eigenvalue weighted by Gasteiger charge is 2.18. The maximum atomic E-state index is 13.6. The van der Waals surface area contributed by atoms with Crippen molar-refractivity contribution in [3.05, 3.63) is 87.3 Å². The fraction of sp³-hybridized carbons (Fsp3) is 0.650. The third-order valence-electron chi connectivity index (χ3n) is 12.0. The molecule has 0 bridgehead atoms. The number of carbonyl (C=O) groups is 7. The molecule has 25 nitrogen and oxygen atoms in total. The van der Waals surface area contributed by atoms with Gasteiger partial charge in [0.1, 0.15) is 32.2 Å². The van der Waals surface area contributed by atoms with Crippen molar-refractivity contribution in [2.45, 2.75) is 124 Å². The Balaban J connectivity index is 0.000000877. The van der Waals surface area contributed by atoms with Crippen molar-refractivity contribution >= 4 is 59.0 Å². The second-order valence-corrected chi connectivity index (χ2v) is 19.5. The molecular weight excluding hydrogens is 1140 g/mol. The van der Waals surface area contributed by atoms with Gasteiger partial charge in [0, 0.05) is 100 Å². The molecule has 0 radical (unpaired) electrons. The van der Waals surface area contributed by atoms with E-state index >= 15 is 0 Å². The number of ether oxygens (including phenoxy) is 10. The number of benzene rings is 2. The molecule has 0 aliphatic heterocycles. The number of halogens is 1. The number of hydrogen-bond donors (Lipinski definition) is 4.